The molecule has 0 atom stereocenters. The summed E-state index contributed by atoms with van der Waals surface area (Å²) in [6.07, 6.45) is 1.40. The number of rotatable bonds is 2. The molecule has 0 aliphatic rings. The summed E-state index contributed by atoms with van der Waals surface area (Å²) in [7, 11) is 0. The fraction of sp³-hybridized carbons (Fsp3) is 0.250. The van der Waals surface area contributed by atoms with E-state index in [1.807, 2.05) is 13.0 Å². The Hall–Kier alpha value is -2.17. The Morgan fingerprint density at radius 2 is 2.24 bits per heavy atom. The lowest BCUT2D eigenvalue weighted by Crippen LogP contribution is -2.18. The SMILES string of the molecule is CCO/C(C)=N/n1cnc2ccccc2c1=O. The summed E-state index contributed by atoms with van der Waals surface area (Å²) in [5.41, 5.74) is 0.465. The van der Waals surface area contributed by atoms with E-state index in [0.29, 0.717) is 23.4 Å². The second-order valence-corrected chi connectivity index (χ2v) is 3.46. The second kappa shape index (κ2) is 4.78. The van der Waals surface area contributed by atoms with Gasteiger partial charge in [-0.2, -0.15) is 4.68 Å². The fourth-order valence-electron chi connectivity index (χ4n) is 1.52. The molecule has 1 aromatic heterocycles. The summed E-state index contributed by atoms with van der Waals surface area (Å²) in [5, 5.41) is 4.58. The summed E-state index contributed by atoms with van der Waals surface area (Å²) < 4.78 is 6.36. The Kier molecular flexibility index (Phi) is 3.18. The third-order valence-electron chi connectivity index (χ3n) is 2.25. The standard InChI is InChI=1S/C12H13N3O2/c1-3-17-9(2)14-15-8-13-11-7-5-4-6-10(11)12(15)16/h4-8H,3H2,1-2H3/b14-9+. The molecule has 0 bridgehead atoms. The molecule has 2 rings (SSSR count). The first-order valence-corrected chi connectivity index (χ1v) is 5.37. The van der Waals surface area contributed by atoms with Crippen LogP contribution in [0, 0.1) is 0 Å². The largest absolute Gasteiger partial charge is 0.480 e. The van der Waals surface area contributed by atoms with Gasteiger partial charge in [-0.25, -0.2) is 4.98 Å². The molecule has 5 heteroatoms. The molecule has 0 spiro atoms. The highest BCUT2D eigenvalue weighted by Gasteiger charge is 2.02. The van der Waals surface area contributed by atoms with E-state index in [9.17, 15) is 4.79 Å². The quantitative estimate of drug-likeness (QED) is 0.583. The van der Waals surface area contributed by atoms with Crippen LogP contribution in [-0.4, -0.2) is 22.2 Å². The topological polar surface area (TPSA) is 56.5 Å². The van der Waals surface area contributed by atoms with E-state index >= 15 is 0 Å². The summed E-state index contributed by atoms with van der Waals surface area (Å²) in [4.78, 5) is 16.2. The van der Waals surface area contributed by atoms with Gasteiger partial charge >= 0.3 is 0 Å². The molecule has 5 nitrogen and oxygen atoms in total. The molecule has 0 amide bonds. The minimum Gasteiger partial charge on any atom is -0.480 e. The third-order valence-corrected chi connectivity index (χ3v) is 2.25. The predicted octanol–water partition coefficient (Wildman–Crippen LogP) is 1.61. The molecule has 2 aromatic rings. The maximum atomic E-state index is 12.0. The third kappa shape index (κ3) is 2.33. The zero-order chi connectivity index (χ0) is 12.3. The lowest BCUT2D eigenvalue weighted by molar-refractivity contribution is 0.321. The zero-order valence-electron chi connectivity index (χ0n) is 9.75. The van der Waals surface area contributed by atoms with Crippen LogP contribution >= 0.6 is 0 Å². The van der Waals surface area contributed by atoms with E-state index in [4.69, 9.17) is 4.74 Å². The van der Waals surface area contributed by atoms with Crippen molar-refractivity contribution in [2.75, 3.05) is 6.61 Å². The molecule has 0 fully saturated rings. The number of aromatic nitrogens is 2. The Balaban J connectivity index is 2.54. The Morgan fingerprint density at radius 3 is 3.00 bits per heavy atom. The zero-order valence-corrected chi connectivity index (χ0v) is 9.75. The lowest BCUT2D eigenvalue weighted by atomic mass is 10.2. The molecular weight excluding hydrogens is 218 g/mol. The first kappa shape index (κ1) is 11.3. The number of para-hydroxylation sites is 1. The highest BCUT2D eigenvalue weighted by molar-refractivity contribution is 5.77. The summed E-state index contributed by atoms with van der Waals surface area (Å²) in [6, 6.07) is 7.16. The van der Waals surface area contributed by atoms with E-state index in [0.717, 1.165) is 0 Å². The number of hydrogen-bond donors (Lipinski definition) is 0. The minimum atomic E-state index is -0.199. The second-order valence-electron chi connectivity index (χ2n) is 3.46. The molecule has 0 saturated heterocycles. The van der Waals surface area contributed by atoms with Crippen LogP contribution in [0.5, 0.6) is 0 Å². The van der Waals surface area contributed by atoms with Crippen LogP contribution in [0.15, 0.2) is 40.5 Å². The maximum absolute atomic E-state index is 12.0. The number of benzene rings is 1. The molecular formula is C12H13N3O2. The van der Waals surface area contributed by atoms with E-state index in [1.165, 1.54) is 11.0 Å². The van der Waals surface area contributed by atoms with Gasteiger partial charge in [-0.15, -0.1) is 5.10 Å². The maximum Gasteiger partial charge on any atom is 0.281 e. The number of hydrogen-bond acceptors (Lipinski definition) is 4. The molecule has 0 radical (unpaired) electrons. The first-order chi connectivity index (χ1) is 8.22. The predicted molar refractivity (Wildman–Crippen MR) is 66.1 cm³/mol. The van der Waals surface area contributed by atoms with Crippen LogP contribution < -0.4 is 5.56 Å². The van der Waals surface area contributed by atoms with Crippen LogP contribution in [0.3, 0.4) is 0 Å². The van der Waals surface area contributed by atoms with E-state index in [1.54, 1.807) is 25.1 Å². The Bertz CT molecular complexity index is 616. The summed E-state index contributed by atoms with van der Waals surface area (Å²) in [5.74, 6) is 0.437. The van der Waals surface area contributed by atoms with Gasteiger partial charge in [-0.3, -0.25) is 4.79 Å². The fourth-order valence-corrected chi connectivity index (χ4v) is 1.52. The van der Waals surface area contributed by atoms with Gasteiger partial charge in [-0.05, 0) is 19.1 Å². The van der Waals surface area contributed by atoms with Crippen molar-refractivity contribution in [2.24, 2.45) is 5.10 Å². The molecule has 88 valence electrons. The average Bonchev–Trinajstić information content (AvgIpc) is 2.33. The molecule has 1 heterocycles. The van der Waals surface area contributed by atoms with Crippen molar-refractivity contribution in [3.8, 4) is 0 Å². The van der Waals surface area contributed by atoms with Gasteiger partial charge in [0.1, 0.15) is 6.33 Å². The smallest absolute Gasteiger partial charge is 0.281 e. The molecule has 0 aliphatic carbocycles. The van der Waals surface area contributed by atoms with Gasteiger partial charge in [0.25, 0.3) is 5.56 Å². The molecule has 17 heavy (non-hydrogen) atoms. The van der Waals surface area contributed by atoms with Gasteiger partial charge in [0.2, 0.25) is 5.90 Å². The highest BCUT2D eigenvalue weighted by atomic mass is 16.5. The molecule has 0 aliphatic heterocycles. The molecule has 0 saturated carbocycles. The Labute approximate surface area is 98.4 Å². The van der Waals surface area contributed by atoms with Crippen LogP contribution in [0.4, 0.5) is 0 Å². The van der Waals surface area contributed by atoms with Crippen molar-refractivity contribution < 1.29 is 4.74 Å². The van der Waals surface area contributed by atoms with Crippen LogP contribution in [0.2, 0.25) is 0 Å². The van der Waals surface area contributed by atoms with E-state index in [-0.39, 0.29) is 5.56 Å². The van der Waals surface area contributed by atoms with Crippen LogP contribution in [-0.2, 0) is 4.74 Å². The van der Waals surface area contributed by atoms with Crippen molar-refractivity contribution >= 4 is 16.8 Å². The number of fused-ring (bicyclic) bond motifs is 1. The van der Waals surface area contributed by atoms with Gasteiger partial charge in [0.15, 0.2) is 0 Å². The monoisotopic (exact) mass is 231 g/mol. The van der Waals surface area contributed by atoms with Gasteiger partial charge in [0.05, 0.1) is 17.5 Å². The van der Waals surface area contributed by atoms with Crippen LogP contribution in [0.1, 0.15) is 13.8 Å². The van der Waals surface area contributed by atoms with Crippen molar-refractivity contribution in [3.63, 3.8) is 0 Å². The summed E-state index contributed by atoms with van der Waals surface area (Å²) >= 11 is 0. The van der Waals surface area contributed by atoms with Gasteiger partial charge in [-0.1, -0.05) is 12.1 Å². The van der Waals surface area contributed by atoms with Crippen molar-refractivity contribution in [3.05, 3.63) is 40.9 Å². The first-order valence-electron chi connectivity index (χ1n) is 5.37. The summed E-state index contributed by atoms with van der Waals surface area (Å²) in [6.45, 7) is 4.08. The lowest BCUT2D eigenvalue weighted by Gasteiger charge is -2.03. The molecule has 0 N–H and O–H groups in total. The van der Waals surface area contributed by atoms with Crippen molar-refractivity contribution in [1.29, 1.82) is 0 Å². The van der Waals surface area contributed by atoms with E-state index < -0.39 is 0 Å². The van der Waals surface area contributed by atoms with Crippen molar-refractivity contribution in [1.82, 2.24) is 9.66 Å². The number of ether oxygens (including phenoxy) is 1. The molecule has 0 unspecified atom stereocenters. The van der Waals surface area contributed by atoms with Gasteiger partial charge < -0.3 is 4.74 Å². The van der Waals surface area contributed by atoms with Crippen molar-refractivity contribution in [2.45, 2.75) is 13.8 Å². The van der Waals surface area contributed by atoms with E-state index in [2.05, 4.69) is 10.1 Å². The average molecular weight is 231 g/mol. The normalized spacial score (nSPS) is 11.8. The van der Waals surface area contributed by atoms with Gasteiger partial charge in [0, 0.05) is 6.92 Å². The minimum absolute atomic E-state index is 0.199. The Morgan fingerprint density at radius 1 is 1.47 bits per heavy atom. The van der Waals surface area contributed by atoms with Crippen LogP contribution in [0.25, 0.3) is 10.9 Å². The number of nitrogens with zero attached hydrogens (tertiary/aromatic N) is 3. The highest BCUT2D eigenvalue weighted by Crippen LogP contribution is 2.04. The molecule has 1 aromatic carbocycles.